The maximum Gasteiger partial charge on any atom is 0.224 e. The molecule has 0 aliphatic carbocycles. The van der Waals surface area contributed by atoms with Crippen LogP contribution in [0.25, 0.3) is 0 Å². The standard InChI is InChI=1S/C20H15N5O/c1-13-7-16(11-22)8-14(2)20(13)26-19-9-18(23-12-24-19)25-17-5-3-15(10-21)4-6-17/h3-9,12H,1-2H3,(H,23,24,25). The maximum atomic E-state index is 9.04. The summed E-state index contributed by atoms with van der Waals surface area (Å²) in [5.41, 5.74) is 3.72. The van der Waals surface area contributed by atoms with E-state index in [9.17, 15) is 0 Å². The average Bonchev–Trinajstić information content (AvgIpc) is 2.65. The molecule has 1 aromatic heterocycles. The number of nitrogens with one attached hydrogen (secondary N) is 1. The number of hydrogen-bond donors (Lipinski definition) is 1. The molecular weight excluding hydrogens is 326 g/mol. The number of nitrogens with zero attached hydrogens (tertiary/aromatic N) is 4. The van der Waals surface area contributed by atoms with Crippen molar-refractivity contribution >= 4 is 11.5 Å². The van der Waals surface area contributed by atoms with Crippen LogP contribution in [-0.4, -0.2) is 9.97 Å². The lowest BCUT2D eigenvalue weighted by atomic mass is 10.1. The van der Waals surface area contributed by atoms with E-state index >= 15 is 0 Å². The summed E-state index contributed by atoms with van der Waals surface area (Å²) in [6, 6.07) is 16.5. The van der Waals surface area contributed by atoms with E-state index in [2.05, 4.69) is 27.4 Å². The van der Waals surface area contributed by atoms with Crippen molar-refractivity contribution in [2.45, 2.75) is 13.8 Å². The molecule has 0 radical (unpaired) electrons. The number of rotatable bonds is 4. The van der Waals surface area contributed by atoms with Crippen LogP contribution in [0, 0.1) is 36.5 Å². The Morgan fingerprint density at radius 1 is 0.885 bits per heavy atom. The van der Waals surface area contributed by atoms with Crippen molar-refractivity contribution < 1.29 is 4.74 Å². The highest BCUT2D eigenvalue weighted by atomic mass is 16.5. The van der Waals surface area contributed by atoms with Crippen LogP contribution in [0.2, 0.25) is 0 Å². The van der Waals surface area contributed by atoms with E-state index in [4.69, 9.17) is 15.3 Å². The third-order valence-corrected chi connectivity index (χ3v) is 3.72. The van der Waals surface area contributed by atoms with Crippen molar-refractivity contribution in [2.75, 3.05) is 5.32 Å². The van der Waals surface area contributed by atoms with Crippen molar-refractivity contribution in [3.8, 4) is 23.8 Å². The van der Waals surface area contributed by atoms with Crippen molar-refractivity contribution in [3.05, 3.63) is 71.0 Å². The Labute approximate surface area is 151 Å². The monoisotopic (exact) mass is 341 g/mol. The van der Waals surface area contributed by atoms with Gasteiger partial charge in [0.1, 0.15) is 17.9 Å². The lowest BCUT2D eigenvalue weighted by Gasteiger charge is -2.12. The van der Waals surface area contributed by atoms with Gasteiger partial charge in [0.15, 0.2) is 0 Å². The van der Waals surface area contributed by atoms with Gasteiger partial charge in [0.2, 0.25) is 5.88 Å². The summed E-state index contributed by atoms with van der Waals surface area (Å²) in [7, 11) is 0. The second-order valence-corrected chi connectivity index (χ2v) is 5.71. The van der Waals surface area contributed by atoms with Crippen LogP contribution in [0.5, 0.6) is 11.6 Å². The second-order valence-electron chi connectivity index (χ2n) is 5.71. The third kappa shape index (κ3) is 3.77. The van der Waals surface area contributed by atoms with E-state index in [-0.39, 0.29) is 0 Å². The Kier molecular flexibility index (Phi) is 4.78. The number of nitriles is 2. The molecule has 0 atom stereocenters. The molecule has 6 heteroatoms. The fraction of sp³-hybridized carbons (Fsp3) is 0.100. The number of ether oxygens (including phenoxy) is 1. The minimum absolute atomic E-state index is 0.395. The molecule has 0 aliphatic heterocycles. The number of aryl methyl sites for hydroxylation is 2. The van der Waals surface area contributed by atoms with E-state index in [1.54, 1.807) is 42.5 Å². The Hall–Kier alpha value is -3.90. The maximum absolute atomic E-state index is 9.04. The number of benzene rings is 2. The molecule has 0 aliphatic rings. The summed E-state index contributed by atoms with van der Waals surface area (Å²) in [5.74, 6) is 1.64. The van der Waals surface area contributed by atoms with Crippen molar-refractivity contribution in [1.29, 1.82) is 10.5 Å². The zero-order chi connectivity index (χ0) is 18.5. The van der Waals surface area contributed by atoms with Crippen LogP contribution < -0.4 is 10.1 Å². The molecule has 0 unspecified atom stereocenters. The van der Waals surface area contributed by atoms with Gasteiger partial charge in [-0.1, -0.05) is 0 Å². The van der Waals surface area contributed by atoms with Crippen LogP contribution in [-0.2, 0) is 0 Å². The zero-order valence-electron chi connectivity index (χ0n) is 14.3. The Balaban J connectivity index is 1.82. The van der Waals surface area contributed by atoms with Gasteiger partial charge in [-0.15, -0.1) is 0 Å². The molecule has 0 saturated heterocycles. The molecule has 3 aromatic rings. The van der Waals surface area contributed by atoms with E-state index in [0.717, 1.165) is 16.8 Å². The predicted molar refractivity (Wildman–Crippen MR) is 97.2 cm³/mol. The van der Waals surface area contributed by atoms with Gasteiger partial charge < -0.3 is 10.1 Å². The van der Waals surface area contributed by atoms with E-state index in [1.807, 2.05) is 13.8 Å². The summed E-state index contributed by atoms with van der Waals surface area (Å²) >= 11 is 0. The van der Waals surface area contributed by atoms with Crippen LogP contribution in [0.15, 0.2) is 48.8 Å². The van der Waals surface area contributed by atoms with Gasteiger partial charge in [-0.05, 0) is 61.4 Å². The van der Waals surface area contributed by atoms with E-state index < -0.39 is 0 Å². The molecule has 0 fully saturated rings. The van der Waals surface area contributed by atoms with Crippen molar-refractivity contribution in [3.63, 3.8) is 0 Å². The Morgan fingerprint density at radius 3 is 2.15 bits per heavy atom. The van der Waals surface area contributed by atoms with Crippen molar-refractivity contribution in [2.24, 2.45) is 0 Å². The number of aromatic nitrogens is 2. The quantitative estimate of drug-likeness (QED) is 0.757. The minimum atomic E-state index is 0.395. The first-order valence-corrected chi connectivity index (χ1v) is 7.87. The lowest BCUT2D eigenvalue weighted by molar-refractivity contribution is 0.455. The molecule has 0 saturated carbocycles. The van der Waals surface area contributed by atoms with Crippen LogP contribution >= 0.6 is 0 Å². The minimum Gasteiger partial charge on any atom is -0.438 e. The highest BCUT2D eigenvalue weighted by Crippen LogP contribution is 2.29. The molecule has 0 bridgehead atoms. The zero-order valence-corrected chi connectivity index (χ0v) is 14.3. The van der Waals surface area contributed by atoms with Gasteiger partial charge in [0, 0.05) is 11.8 Å². The molecule has 0 spiro atoms. The SMILES string of the molecule is Cc1cc(C#N)cc(C)c1Oc1cc(Nc2ccc(C#N)cc2)ncn1. The fourth-order valence-electron chi connectivity index (χ4n) is 2.52. The molecule has 126 valence electrons. The van der Waals surface area contributed by atoms with Gasteiger partial charge in [-0.2, -0.15) is 10.5 Å². The van der Waals surface area contributed by atoms with E-state index in [1.165, 1.54) is 6.33 Å². The normalized spacial score (nSPS) is 9.85. The first-order valence-electron chi connectivity index (χ1n) is 7.87. The molecule has 1 heterocycles. The highest BCUT2D eigenvalue weighted by Gasteiger charge is 2.09. The lowest BCUT2D eigenvalue weighted by Crippen LogP contribution is -1.98. The second kappa shape index (κ2) is 7.33. The van der Waals surface area contributed by atoms with Crippen molar-refractivity contribution in [1.82, 2.24) is 9.97 Å². The Bertz CT molecular complexity index is 1010. The summed E-state index contributed by atoms with van der Waals surface area (Å²) in [4.78, 5) is 8.33. The number of anilines is 2. The van der Waals surface area contributed by atoms with Gasteiger partial charge in [0.25, 0.3) is 0 Å². The molecule has 3 rings (SSSR count). The molecule has 0 amide bonds. The van der Waals surface area contributed by atoms with Gasteiger partial charge in [-0.3, -0.25) is 0 Å². The molecular formula is C20H15N5O. The summed E-state index contributed by atoms with van der Waals surface area (Å²) in [6.07, 6.45) is 1.41. The van der Waals surface area contributed by atoms with Gasteiger partial charge in [-0.25, -0.2) is 9.97 Å². The van der Waals surface area contributed by atoms with E-state index in [0.29, 0.717) is 28.6 Å². The third-order valence-electron chi connectivity index (χ3n) is 3.72. The predicted octanol–water partition coefficient (Wildman–Crippen LogP) is 4.37. The number of hydrogen-bond acceptors (Lipinski definition) is 6. The largest absolute Gasteiger partial charge is 0.438 e. The highest BCUT2D eigenvalue weighted by molar-refractivity contribution is 5.58. The topological polar surface area (TPSA) is 94.6 Å². The fourth-order valence-corrected chi connectivity index (χ4v) is 2.52. The summed E-state index contributed by atoms with van der Waals surface area (Å²) < 4.78 is 5.91. The Morgan fingerprint density at radius 2 is 1.54 bits per heavy atom. The first-order chi connectivity index (χ1) is 12.6. The molecule has 6 nitrogen and oxygen atoms in total. The summed E-state index contributed by atoms with van der Waals surface area (Å²) in [5, 5.41) is 21.0. The van der Waals surface area contributed by atoms with Crippen LogP contribution in [0.1, 0.15) is 22.3 Å². The van der Waals surface area contributed by atoms with Gasteiger partial charge >= 0.3 is 0 Å². The average molecular weight is 341 g/mol. The molecule has 26 heavy (non-hydrogen) atoms. The smallest absolute Gasteiger partial charge is 0.224 e. The van der Waals surface area contributed by atoms with Gasteiger partial charge in [0.05, 0.1) is 23.3 Å². The molecule has 1 N–H and O–H groups in total. The van der Waals surface area contributed by atoms with Crippen LogP contribution in [0.4, 0.5) is 11.5 Å². The first kappa shape index (κ1) is 16.9. The summed E-state index contributed by atoms with van der Waals surface area (Å²) in [6.45, 7) is 3.78. The molecule has 2 aromatic carbocycles. The van der Waals surface area contributed by atoms with Crippen LogP contribution in [0.3, 0.4) is 0 Å².